The van der Waals surface area contributed by atoms with Crippen LogP contribution in [-0.2, 0) is 16.0 Å². The summed E-state index contributed by atoms with van der Waals surface area (Å²) in [6.45, 7) is 1.88. The number of alkyl halides is 3. The third-order valence-electron chi connectivity index (χ3n) is 5.40. The summed E-state index contributed by atoms with van der Waals surface area (Å²) >= 11 is 0. The minimum atomic E-state index is -4.42. The van der Waals surface area contributed by atoms with Crippen LogP contribution in [0.4, 0.5) is 13.2 Å². The summed E-state index contributed by atoms with van der Waals surface area (Å²) in [5.41, 5.74) is 3.18. The summed E-state index contributed by atoms with van der Waals surface area (Å²) in [6.07, 6.45) is 0.0312. The Kier molecular flexibility index (Phi) is 4.49. The average molecular weight is 404 g/mol. The van der Waals surface area contributed by atoms with Crippen molar-refractivity contribution in [3.8, 4) is 0 Å². The molecule has 0 fully saturated rings. The summed E-state index contributed by atoms with van der Waals surface area (Å²) in [7, 11) is -3.67. The fraction of sp³-hybridized carbons (Fsp3) is 0.273. The van der Waals surface area contributed by atoms with Crippen molar-refractivity contribution in [3.05, 3.63) is 82.4 Å². The first-order valence-electron chi connectivity index (χ1n) is 9.11. The van der Waals surface area contributed by atoms with E-state index in [1.165, 1.54) is 12.1 Å². The molecule has 0 heterocycles. The van der Waals surface area contributed by atoms with Crippen molar-refractivity contribution in [1.82, 2.24) is 0 Å². The van der Waals surface area contributed by atoms with Gasteiger partial charge in [0.05, 0.1) is 10.5 Å². The number of hydrogen-bond acceptors (Lipinski definition) is 2. The van der Waals surface area contributed by atoms with E-state index in [1.54, 1.807) is 24.3 Å². The molecule has 2 aromatic rings. The van der Waals surface area contributed by atoms with E-state index in [4.69, 9.17) is 0 Å². The van der Waals surface area contributed by atoms with Crippen LogP contribution in [0.2, 0.25) is 0 Å². The molecule has 28 heavy (non-hydrogen) atoms. The number of aryl methyl sites for hydroxylation is 1. The molecule has 4 rings (SSSR count). The summed E-state index contributed by atoms with van der Waals surface area (Å²) < 4.78 is 65.3. The Morgan fingerprint density at radius 2 is 1.61 bits per heavy atom. The van der Waals surface area contributed by atoms with Gasteiger partial charge >= 0.3 is 6.18 Å². The van der Waals surface area contributed by atoms with Gasteiger partial charge in [-0.2, -0.15) is 13.2 Å². The predicted molar refractivity (Wildman–Crippen MR) is 102 cm³/mol. The molecule has 0 saturated heterocycles. The van der Waals surface area contributed by atoms with E-state index in [0.29, 0.717) is 11.1 Å². The first kappa shape index (κ1) is 19.0. The molecule has 146 valence electrons. The molecular formula is C22H19F3O2S. The lowest BCUT2D eigenvalue weighted by atomic mass is 9.73. The number of benzene rings is 2. The average Bonchev–Trinajstić information content (AvgIpc) is 2.62. The van der Waals surface area contributed by atoms with Gasteiger partial charge in [0, 0.05) is 0 Å². The molecule has 2 aromatic carbocycles. The number of fused-ring (bicyclic) bond motifs is 1. The molecule has 0 bridgehead atoms. The van der Waals surface area contributed by atoms with Crippen molar-refractivity contribution in [2.45, 2.75) is 42.5 Å². The Morgan fingerprint density at radius 3 is 2.21 bits per heavy atom. The molecule has 6 heteroatoms. The molecule has 0 amide bonds. The SMILES string of the molecule is Cc1ccc(S(=O)(=O)C2C3=CCCCC3=C2c2ccc(C(F)(F)F)cc2)cc1. The highest BCUT2D eigenvalue weighted by atomic mass is 32.2. The van der Waals surface area contributed by atoms with Crippen molar-refractivity contribution in [2.75, 3.05) is 0 Å². The lowest BCUT2D eigenvalue weighted by molar-refractivity contribution is -0.137. The third kappa shape index (κ3) is 3.09. The van der Waals surface area contributed by atoms with Crippen LogP contribution in [0, 0.1) is 6.92 Å². The Balaban J connectivity index is 1.80. The van der Waals surface area contributed by atoms with Crippen LogP contribution in [-0.4, -0.2) is 13.7 Å². The van der Waals surface area contributed by atoms with E-state index in [0.717, 1.165) is 48.1 Å². The van der Waals surface area contributed by atoms with Gasteiger partial charge in [-0.25, -0.2) is 8.42 Å². The van der Waals surface area contributed by atoms with Crippen LogP contribution < -0.4 is 0 Å². The fourth-order valence-corrected chi connectivity index (χ4v) is 5.90. The van der Waals surface area contributed by atoms with E-state index in [9.17, 15) is 21.6 Å². The fourth-order valence-electron chi connectivity index (χ4n) is 3.95. The minimum absolute atomic E-state index is 0.234. The standard InChI is InChI=1S/C22H19F3O2S/c1-14-6-12-17(13-7-14)28(26,27)21-19-5-3-2-4-18(19)20(21)15-8-10-16(11-9-15)22(23,24)25/h5-13,21H,2-4H2,1H3. The Hall–Kier alpha value is -2.34. The molecule has 0 N–H and O–H groups in total. The Morgan fingerprint density at radius 1 is 0.964 bits per heavy atom. The molecule has 0 aromatic heterocycles. The van der Waals surface area contributed by atoms with Gasteiger partial charge in [-0.15, -0.1) is 0 Å². The first-order chi connectivity index (χ1) is 13.2. The van der Waals surface area contributed by atoms with Crippen molar-refractivity contribution in [1.29, 1.82) is 0 Å². The number of sulfone groups is 1. The van der Waals surface area contributed by atoms with Crippen molar-refractivity contribution >= 4 is 15.4 Å². The summed E-state index contributed by atoms with van der Waals surface area (Å²) in [5.74, 6) is 0. The van der Waals surface area contributed by atoms with Gasteiger partial charge in [0.15, 0.2) is 9.84 Å². The lowest BCUT2D eigenvalue weighted by Gasteiger charge is -2.39. The quantitative estimate of drug-likeness (QED) is 0.654. The van der Waals surface area contributed by atoms with Crippen LogP contribution in [0.5, 0.6) is 0 Å². The van der Waals surface area contributed by atoms with Crippen LogP contribution in [0.15, 0.2) is 70.6 Å². The van der Waals surface area contributed by atoms with Gasteiger partial charge in [0.2, 0.25) is 0 Å². The molecule has 2 aliphatic rings. The number of rotatable bonds is 3. The largest absolute Gasteiger partial charge is 0.416 e. The molecule has 1 unspecified atom stereocenters. The van der Waals surface area contributed by atoms with Crippen LogP contribution in [0.1, 0.15) is 36.0 Å². The number of allylic oxidation sites excluding steroid dienone is 2. The number of hydrogen-bond donors (Lipinski definition) is 0. The smallest absolute Gasteiger partial charge is 0.223 e. The first-order valence-corrected chi connectivity index (χ1v) is 10.7. The highest BCUT2D eigenvalue weighted by Crippen LogP contribution is 2.51. The van der Waals surface area contributed by atoms with Crippen LogP contribution in [0.25, 0.3) is 5.57 Å². The molecular weight excluding hydrogens is 385 g/mol. The topological polar surface area (TPSA) is 34.1 Å². The monoisotopic (exact) mass is 404 g/mol. The molecule has 0 saturated carbocycles. The van der Waals surface area contributed by atoms with Gasteiger partial charge in [-0.05, 0) is 72.7 Å². The highest BCUT2D eigenvalue weighted by Gasteiger charge is 2.45. The van der Waals surface area contributed by atoms with Crippen molar-refractivity contribution < 1.29 is 21.6 Å². The molecule has 1 atom stereocenters. The van der Waals surface area contributed by atoms with E-state index in [2.05, 4.69) is 0 Å². The minimum Gasteiger partial charge on any atom is -0.223 e. The zero-order chi connectivity index (χ0) is 20.1. The summed E-state index contributed by atoms with van der Waals surface area (Å²) in [5, 5.41) is -0.817. The summed E-state index contributed by atoms with van der Waals surface area (Å²) in [6, 6.07) is 11.5. The number of halogens is 3. The second-order valence-electron chi connectivity index (χ2n) is 7.26. The van der Waals surface area contributed by atoms with Gasteiger partial charge in [-0.3, -0.25) is 0 Å². The Bertz CT molecular complexity index is 1070. The summed E-state index contributed by atoms with van der Waals surface area (Å²) in [4.78, 5) is 0.234. The highest BCUT2D eigenvalue weighted by molar-refractivity contribution is 7.92. The molecule has 2 nitrogen and oxygen atoms in total. The van der Waals surface area contributed by atoms with Gasteiger partial charge in [-0.1, -0.05) is 35.9 Å². The van der Waals surface area contributed by atoms with Crippen LogP contribution >= 0.6 is 0 Å². The maximum Gasteiger partial charge on any atom is 0.416 e. The van der Waals surface area contributed by atoms with E-state index < -0.39 is 26.8 Å². The van der Waals surface area contributed by atoms with Crippen molar-refractivity contribution in [2.24, 2.45) is 0 Å². The van der Waals surface area contributed by atoms with E-state index in [1.807, 2.05) is 13.0 Å². The maximum atomic E-state index is 13.3. The van der Waals surface area contributed by atoms with Gasteiger partial charge < -0.3 is 0 Å². The van der Waals surface area contributed by atoms with Gasteiger partial charge in [0.1, 0.15) is 5.25 Å². The van der Waals surface area contributed by atoms with Gasteiger partial charge in [0.25, 0.3) is 0 Å². The van der Waals surface area contributed by atoms with E-state index >= 15 is 0 Å². The Labute approximate surface area is 162 Å². The zero-order valence-electron chi connectivity index (χ0n) is 15.3. The molecule has 0 radical (unpaired) electrons. The normalized spacial score (nSPS) is 19.7. The lowest BCUT2D eigenvalue weighted by Crippen LogP contribution is -2.36. The third-order valence-corrected chi connectivity index (χ3v) is 7.44. The second-order valence-corrected chi connectivity index (χ2v) is 9.29. The zero-order valence-corrected chi connectivity index (χ0v) is 16.1. The van der Waals surface area contributed by atoms with Crippen molar-refractivity contribution in [3.63, 3.8) is 0 Å². The molecule has 0 aliphatic heterocycles. The predicted octanol–water partition coefficient (Wildman–Crippen LogP) is 5.73. The maximum absolute atomic E-state index is 13.3. The van der Waals surface area contributed by atoms with E-state index in [-0.39, 0.29) is 4.90 Å². The second kappa shape index (κ2) is 6.62. The molecule has 2 aliphatic carbocycles. The molecule has 0 spiro atoms. The van der Waals surface area contributed by atoms with Crippen LogP contribution in [0.3, 0.4) is 0 Å².